The number of rotatable bonds is 2. The lowest BCUT2D eigenvalue weighted by Gasteiger charge is -2.18. The molecule has 126 valence electrons. The quantitative estimate of drug-likeness (QED) is 0.512. The van der Waals surface area contributed by atoms with Crippen molar-refractivity contribution in [3.63, 3.8) is 0 Å². The van der Waals surface area contributed by atoms with Crippen molar-refractivity contribution in [2.75, 3.05) is 0 Å². The van der Waals surface area contributed by atoms with Crippen molar-refractivity contribution < 1.29 is 4.39 Å². The van der Waals surface area contributed by atoms with Gasteiger partial charge in [0.1, 0.15) is 10.8 Å². The lowest BCUT2D eigenvalue weighted by Crippen LogP contribution is -2.10. The van der Waals surface area contributed by atoms with E-state index in [9.17, 15) is 4.39 Å². The Kier molecular flexibility index (Phi) is 3.65. The Balaban J connectivity index is 1.74. The highest BCUT2D eigenvalue weighted by atomic mass is 32.1. The third kappa shape index (κ3) is 2.93. The number of hydrogen-bond acceptors (Lipinski definition) is 4. The average molecular weight is 352 g/mol. The average Bonchev–Trinajstić information content (AvgIpc) is 3.16. The van der Waals surface area contributed by atoms with E-state index in [2.05, 4.69) is 60.3 Å². The fourth-order valence-electron chi connectivity index (χ4n) is 2.63. The summed E-state index contributed by atoms with van der Waals surface area (Å²) in [6.07, 6.45) is 0. The van der Waals surface area contributed by atoms with Crippen molar-refractivity contribution in [2.45, 2.75) is 26.2 Å². The molecule has 4 nitrogen and oxygen atoms in total. The summed E-state index contributed by atoms with van der Waals surface area (Å²) in [5.74, 6) is 0.339. The fraction of sp³-hybridized carbons (Fsp3) is 0.211. The van der Waals surface area contributed by atoms with E-state index in [-0.39, 0.29) is 11.2 Å². The summed E-state index contributed by atoms with van der Waals surface area (Å²) in [7, 11) is 0. The summed E-state index contributed by atoms with van der Waals surface area (Å²) in [6, 6.07) is 14.6. The van der Waals surface area contributed by atoms with Crippen molar-refractivity contribution in [2.24, 2.45) is 0 Å². The highest BCUT2D eigenvalue weighted by molar-refractivity contribution is 7.19. The third-order valence-corrected chi connectivity index (χ3v) is 5.04. The van der Waals surface area contributed by atoms with E-state index in [0.717, 1.165) is 16.1 Å². The second-order valence-electron chi connectivity index (χ2n) is 6.96. The highest BCUT2D eigenvalue weighted by Crippen LogP contribution is 2.30. The normalized spacial score (nSPS) is 12.0. The molecule has 0 fully saturated rings. The zero-order valence-electron chi connectivity index (χ0n) is 14.2. The van der Waals surface area contributed by atoms with Gasteiger partial charge in [0.05, 0.1) is 0 Å². The van der Waals surface area contributed by atoms with Crippen LogP contribution in [0.1, 0.15) is 26.3 Å². The SMILES string of the molecule is CC(C)(C)c1ccc(-c2nn3c(-c4ccc(F)cc4)nnc3s2)cc1. The predicted molar refractivity (Wildman–Crippen MR) is 98.2 cm³/mol. The second-order valence-corrected chi connectivity index (χ2v) is 7.92. The fourth-order valence-corrected chi connectivity index (χ4v) is 3.47. The maximum atomic E-state index is 13.1. The molecule has 0 bridgehead atoms. The first-order valence-electron chi connectivity index (χ1n) is 8.01. The zero-order valence-corrected chi connectivity index (χ0v) is 15.0. The van der Waals surface area contributed by atoms with Gasteiger partial charge in [0, 0.05) is 11.1 Å². The van der Waals surface area contributed by atoms with Crippen LogP contribution in [-0.2, 0) is 5.41 Å². The molecule has 0 N–H and O–H groups in total. The summed E-state index contributed by atoms with van der Waals surface area (Å²) in [6.45, 7) is 6.58. The Bertz CT molecular complexity index is 1020. The van der Waals surface area contributed by atoms with Crippen LogP contribution in [0.15, 0.2) is 48.5 Å². The maximum Gasteiger partial charge on any atom is 0.235 e. The van der Waals surface area contributed by atoms with Crippen LogP contribution in [0.4, 0.5) is 4.39 Å². The number of aromatic nitrogens is 4. The molecule has 0 atom stereocenters. The van der Waals surface area contributed by atoms with Gasteiger partial charge < -0.3 is 0 Å². The smallest absolute Gasteiger partial charge is 0.207 e. The first-order valence-corrected chi connectivity index (χ1v) is 8.82. The van der Waals surface area contributed by atoms with Gasteiger partial charge in [-0.05, 0) is 35.2 Å². The molecule has 25 heavy (non-hydrogen) atoms. The minimum atomic E-state index is -0.276. The molecular weight excluding hydrogens is 335 g/mol. The molecule has 0 unspecified atom stereocenters. The van der Waals surface area contributed by atoms with E-state index >= 15 is 0 Å². The van der Waals surface area contributed by atoms with Crippen LogP contribution < -0.4 is 0 Å². The van der Waals surface area contributed by atoms with Crippen molar-refractivity contribution in [3.8, 4) is 22.0 Å². The van der Waals surface area contributed by atoms with Crippen LogP contribution in [0.5, 0.6) is 0 Å². The molecule has 0 saturated heterocycles. The molecule has 0 amide bonds. The Hall–Kier alpha value is -2.60. The van der Waals surface area contributed by atoms with Crippen LogP contribution in [-0.4, -0.2) is 19.8 Å². The lowest BCUT2D eigenvalue weighted by atomic mass is 9.87. The first-order chi connectivity index (χ1) is 11.9. The monoisotopic (exact) mass is 352 g/mol. The molecule has 0 aliphatic carbocycles. The minimum Gasteiger partial charge on any atom is -0.207 e. The third-order valence-electron chi connectivity index (χ3n) is 4.09. The van der Waals surface area contributed by atoms with E-state index in [1.807, 2.05) is 0 Å². The summed E-state index contributed by atoms with van der Waals surface area (Å²) in [4.78, 5) is 0.717. The molecular formula is C19H17FN4S. The summed E-state index contributed by atoms with van der Waals surface area (Å²) < 4.78 is 14.8. The van der Waals surface area contributed by atoms with Gasteiger partial charge in [-0.25, -0.2) is 4.39 Å². The predicted octanol–water partition coefficient (Wildman–Crippen LogP) is 4.96. The molecule has 4 aromatic rings. The molecule has 0 saturated carbocycles. The Morgan fingerprint density at radius 3 is 2.16 bits per heavy atom. The number of halogens is 1. The number of fused-ring (bicyclic) bond motifs is 1. The van der Waals surface area contributed by atoms with Crippen LogP contribution in [0.3, 0.4) is 0 Å². The molecule has 6 heteroatoms. The van der Waals surface area contributed by atoms with Gasteiger partial charge in [-0.3, -0.25) is 0 Å². The standard InChI is InChI=1S/C19H17FN4S/c1-19(2,3)14-8-4-13(5-9-14)17-23-24-16(21-22-18(24)25-17)12-6-10-15(20)11-7-12/h4-11H,1-3H3. The van der Waals surface area contributed by atoms with Gasteiger partial charge in [-0.1, -0.05) is 56.4 Å². The first kappa shape index (κ1) is 15.9. The van der Waals surface area contributed by atoms with Crippen LogP contribution >= 0.6 is 11.3 Å². The van der Waals surface area contributed by atoms with Gasteiger partial charge in [0.15, 0.2) is 5.82 Å². The summed E-state index contributed by atoms with van der Waals surface area (Å²) in [5, 5.41) is 13.9. The number of benzene rings is 2. The maximum absolute atomic E-state index is 13.1. The molecule has 0 aliphatic heterocycles. The van der Waals surface area contributed by atoms with Gasteiger partial charge in [-0.2, -0.15) is 9.61 Å². The second kappa shape index (κ2) is 5.74. The van der Waals surface area contributed by atoms with E-state index in [4.69, 9.17) is 0 Å². The molecule has 0 spiro atoms. The number of nitrogens with zero attached hydrogens (tertiary/aromatic N) is 4. The van der Waals surface area contributed by atoms with Gasteiger partial charge in [-0.15, -0.1) is 10.2 Å². The molecule has 0 radical (unpaired) electrons. The lowest BCUT2D eigenvalue weighted by molar-refractivity contribution is 0.590. The molecule has 2 heterocycles. The van der Waals surface area contributed by atoms with Crippen molar-refractivity contribution >= 4 is 16.3 Å². The van der Waals surface area contributed by atoms with Crippen LogP contribution in [0, 0.1) is 5.82 Å². The molecule has 2 aromatic carbocycles. The molecule has 4 rings (SSSR count). The Labute approximate surface area is 149 Å². The van der Waals surface area contributed by atoms with E-state index in [0.29, 0.717) is 10.8 Å². The summed E-state index contributed by atoms with van der Waals surface area (Å²) >= 11 is 1.49. The minimum absolute atomic E-state index is 0.121. The molecule has 2 aromatic heterocycles. The Morgan fingerprint density at radius 2 is 1.52 bits per heavy atom. The summed E-state index contributed by atoms with van der Waals surface area (Å²) in [5.41, 5.74) is 3.24. The van der Waals surface area contributed by atoms with Gasteiger partial charge >= 0.3 is 0 Å². The van der Waals surface area contributed by atoms with Gasteiger partial charge in [0.25, 0.3) is 0 Å². The van der Waals surface area contributed by atoms with E-state index in [1.54, 1.807) is 16.6 Å². The van der Waals surface area contributed by atoms with Crippen molar-refractivity contribution in [1.82, 2.24) is 19.8 Å². The highest BCUT2D eigenvalue weighted by Gasteiger charge is 2.16. The Morgan fingerprint density at radius 1 is 0.880 bits per heavy atom. The molecule has 0 aliphatic rings. The van der Waals surface area contributed by atoms with Gasteiger partial charge in [0.2, 0.25) is 4.96 Å². The van der Waals surface area contributed by atoms with E-state index in [1.165, 1.54) is 29.0 Å². The van der Waals surface area contributed by atoms with E-state index < -0.39 is 0 Å². The largest absolute Gasteiger partial charge is 0.235 e. The topological polar surface area (TPSA) is 43.1 Å². The van der Waals surface area contributed by atoms with Crippen molar-refractivity contribution in [1.29, 1.82) is 0 Å². The van der Waals surface area contributed by atoms with Crippen LogP contribution in [0.25, 0.3) is 26.9 Å². The number of hydrogen-bond donors (Lipinski definition) is 0. The van der Waals surface area contributed by atoms with Crippen molar-refractivity contribution in [3.05, 3.63) is 59.9 Å². The van der Waals surface area contributed by atoms with Crippen LogP contribution in [0.2, 0.25) is 0 Å². The zero-order chi connectivity index (χ0) is 17.6.